The number of aromatic nitrogens is 1. The molecular formula is C23H22N2O3. The third kappa shape index (κ3) is 3.60. The Labute approximate surface area is 163 Å². The van der Waals surface area contributed by atoms with Crippen molar-refractivity contribution in [3.05, 3.63) is 72.1 Å². The summed E-state index contributed by atoms with van der Waals surface area (Å²) in [5, 5.41) is 2.04. The van der Waals surface area contributed by atoms with Crippen LogP contribution in [0.25, 0.3) is 10.8 Å². The molecule has 0 aliphatic carbocycles. The van der Waals surface area contributed by atoms with Gasteiger partial charge in [0, 0.05) is 42.5 Å². The van der Waals surface area contributed by atoms with Crippen molar-refractivity contribution >= 4 is 22.5 Å². The average Bonchev–Trinajstić information content (AvgIpc) is 2.78. The molecule has 5 nitrogen and oxygen atoms in total. The Kier molecular flexibility index (Phi) is 5.06. The fraction of sp³-hybridized carbons (Fsp3) is 0.261. The zero-order valence-electron chi connectivity index (χ0n) is 15.8. The van der Waals surface area contributed by atoms with Gasteiger partial charge >= 0.3 is 0 Å². The minimum Gasteiger partial charge on any atom is -0.497 e. The highest BCUT2D eigenvalue weighted by Gasteiger charge is 2.29. The molecule has 0 spiro atoms. The van der Waals surface area contributed by atoms with E-state index in [1.807, 2.05) is 36.4 Å². The van der Waals surface area contributed by atoms with Gasteiger partial charge in [0.05, 0.1) is 7.11 Å². The lowest BCUT2D eigenvalue weighted by atomic mass is 9.89. The van der Waals surface area contributed by atoms with Crippen LogP contribution in [-0.2, 0) is 0 Å². The van der Waals surface area contributed by atoms with Crippen molar-refractivity contribution in [3.8, 4) is 5.75 Å². The molecule has 1 aromatic heterocycles. The number of ketones is 1. The molecule has 4 rings (SSSR count). The van der Waals surface area contributed by atoms with Gasteiger partial charge in [-0.2, -0.15) is 0 Å². The number of pyridine rings is 1. The van der Waals surface area contributed by atoms with Gasteiger partial charge in [0.1, 0.15) is 5.75 Å². The van der Waals surface area contributed by atoms with Gasteiger partial charge in [-0.15, -0.1) is 0 Å². The van der Waals surface area contributed by atoms with Crippen LogP contribution in [0, 0.1) is 5.92 Å². The van der Waals surface area contributed by atoms with Gasteiger partial charge in [0.15, 0.2) is 5.78 Å². The Morgan fingerprint density at radius 2 is 1.75 bits per heavy atom. The lowest BCUT2D eigenvalue weighted by Crippen LogP contribution is -2.42. The van der Waals surface area contributed by atoms with Gasteiger partial charge in [0.2, 0.25) is 0 Å². The molecule has 1 aliphatic rings. The number of piperidine rings is 1. The number of carbonyl (C=O) groups is 2. The number of rotatable bonds is 4. The van der Waals surface area contributed by atoms with Gasteiger partial charge in [-0.25, -0.2) is 0 Å². The molecule has 1 saturated heterocycles. The maximum Gasteiger partial charge on any atom is 0.253 e. The van der Waals surface area contributed by atoms with Crippen LogP contribution in [0.15, 0.2) is 60.9 Å². The molecule has 1 atom stereocenters. The van der Waals surface area contributed by atoms with Crippen molar-refractivity contribution in [2.45, 2.75) is 12.8 Å². The molecule has 5 heteroatoms. The highest BCUT2D eigenvalue weighted by Crippen LogP contribution is 2.26. The minimum atomic E-state index is -0.171. The molecule has 0 N–H and O–H groups in total. The van der Waals surface area contributed by atoms with E-state index in [9.17, 15) is 9.59 Å². The van der Waals surface area contributed by atoms with Gasteiger partial charge in [0.25, 0.3) is 5.91 Å². The van der Waals surface area contributed by atoms with E-state index in [2.05, 4.69) is 4.98 Å². The van der Waals surface area contributed by atoms with Crippen LogP contribution in [-0.4, -0.2) is 41.8 Å². The Morgan fingerprint density at radius 1 is 1.00 bits per heavy atom. The third-order valence-electron chi connectivity index (χ3n) is 5.34. The smallest absolute Gasteiger partial charge is 0.253 e. The van der Waals surface area contributed by atoms with Crippen LogP contribution < -0.4 is 4.74 Å². The standard InChI is InChI=1S/C23H22N2O3/c1-28-21-7-6-17-13-19(5-4-18(17)14-21)22(26)20-3-2-12-25(15-20)23(27)16-8-10-24-11-9-16/h4-11,13-14,20H,2-3,12,15H2,1H3/t20-/m0/s1. The first kappa shape index (κ1) is 18.2. The van der Waals surface area contributed by atoms with E-state index in [4.69, 9.17) is 4.74 Å². The fourth-order valence-electron chi connectivity index (χ4n) is 3.79. The SMILES string of the molecule is COc1ccc2cc(C(=O)[C@H]3CCCN(C(=O)c4ccncc4)C3)ccc2c1. The summed E-state index contributed by atoms with van der Waals surface area (Å²) in [6.45, 7) is 1.14. The quantitative estimate of drug-likeness (QED) is 0.648. The van der Waals surface area contributed by atoms with Crippen LogP contribution in [0.2, 0.25) is 0 Å². The Hall–Kier alpha value is -3.21. The molecule has 1 aliphatic heterocycles. The summed E-state index contributed by atoms with van der Waals surface area (Å²) in [6, 6.07) is 15.0. The number of fused-ring (bicyclic) bond motifs is 1. The van der Waals surface area contributed by atoms with Crippen LogP contribution in [0.4, 0.5) is 0 Å². The van der Waals surface area contributed by atoms with E-state index in [0.717, 1.165) is 29.4 Å². The first-order valence-corrected chi connectivity index (χ1v) is 9.47. The number of Topliss-reactive ketones (excluding diaryl/α,β-unsaturated/α-hetero) is 1. The van der Waals surface area contributed by atoms with Crippen LogP contribution in [0.1, 0.15) is 33.6 Å². The van der Waals surface area contributed by atoms with E-state index < -0.39 is 0 Å². The van der Waals surface area contributed by atoms with Gasteiger partial charge in [-0.05, 0) is 53.9 Å². The Bertz CT molecular complexity index is 1020. The largest absolute Gasteiger partial charge is 0.497 e. The molecule has 1 fully saturated rings. The summed E-state index contributed by atoms with van der Waals surface area (Å²) in [5.74, 6) is 0.690. The summed E-state index contributed by atoms with van der Waals surface area (Å²) in [7, 11) is 1.64. The topological polar surface area (TPSA) is 59.5 Å². The van der Waals surface area contributed by atoms with E-state index in [-0.39, 0.29) is 17.6 Å². The van der Waals surface area contributed by atoms with Gasteiger partial charge < -0.3 is 9.64 Å². The third-order valence-corrected chi connectivity index (χ3v) is 5.34. The van der Waals surface area contributed by atoms with Crippen LogP contribution in [0.3, 0.4) is 0 Å². The maximum atomic E-state index is 13.1. The molecule has 142 valence electrons. The fourth-order valence-corrected chi connectivity index (χ4v) is 3.79. The number of hydrogen-bond acceptors (Lipinski definition) is 4. The molecule has 2 aromatic carbocycles. The summed E-state index contributed by atoms with van der Waals surface area (Å²) >= 11 is 0. The van der Waals surface area contributed by atoms with Crippen LogP contribution in [0.5, 0.6) is 5.75 Å². The zero-order chi connectivity index (χ0) is 19.5. The van der Waals surface area contributed by atoms with Crippen molar-refractivity contribution in [2.24, 2.45) is 5.92 Å². The second-order valence-corrected chi connectivity index (χ2v) is 7.12. The minimum absolute atomic E-state index is 0.0366. The van der Waals surface area contributed by atoms with Crippen molar-refractivity contribution in [1.29, 1.82) is 0 Å². The summed E-state index contributed by atoms with van der Waals surface area (Å²) in [4.78, 5) is 31.6. The van der Waals surface area contributed by atoms with Crippen molar-refractivity contribution in [3.63, 3.8) is 0 Å². The number of likely N-dealkylation sites (tertiary alicyclic amines) is 1. The molecule has 3 aromatic rings. The monoisotopic (exact) mass is 374 g/mol. The van der Waals surface area contributed by atoms with Crippen molar-refractivity contribution in [2.75, 3.05) is 20.2 Å². The van der Waals surface area contributed by atoms with Crippen molar-refractivity contribution < 1.29 is 14.3 Å². The van der Waals surface area contributed by atoms with E-state index in [1.54, 1.807) is 36.5 Å². The zero-order valence-corrected chi connectivity index (χ0v) is 15.8. The van der Waals surface area contributed by atoms with E-state index >= 15 is 0 Å². The number of methoxy groups -OCH3 is 1. The second-order valence-electron chi connectivity index (χ2n) is 7.12. The number of nitrogens with zero attached hydrogens (tertiary/aromatic N) is 2. The molecule has 0 radical (unpaired) electrons. The summed E-state index contributed by atoms with van der Waals surface area (Å²) < 4.78 is 5.26. The number of benzene rings is 2. The van der Waals surface area contributed by atoms with Crippen molar-refractivity contribution in [1.82, 2.24) is 9.88 Å². The molecule has 2 heterocycles. The molecule has 0 saturated carbocycles. The lowest BCUT2D eigenvalue weighted by Gasteiger charge is -2.32. The number of amides is 1. The van der Waals surface area contributed by atoms with E-state index in [0.29, 0.717) is 24.2 Å². The molecular weight excluding hydrogens is 352 g/mol. The average molecular weight is 374 g/mol. The highest BCUT2D eigenvalue weighted by molar-refractivity contribution is 6.02. The van der Waals surface area contributed by atoms with Gasteiger partial charge in [-0.1, -0.05) is 18.2 Å². The molecule has 0 bridgehead atoms. The summed E-state index contributed by atoms with van der Waals surface area (Å²) in [5.41, 5.74) is 1.31. The second kappa shape index (κ2) is 7.80. The molecule has 0 unspecified atom stereocenters. The van der Waals surface area contributed by atoms with E-state index in [1.165, 1.54) is 0 Å². The molecule has 28 heavy (non-hydrogen) atoms. The first-order chi connectivity index (χ1) is 13.7. The maximum absolute atomic E-state index is 13.1. The highest BCUT2D eigenvalue weighted by atomic mass is 16.5. The predicted octanol–water partition coefficient (Wildman–Crippen LogP) is 3.98. The first-order valence-electron chi connectivity index (χ1n) is 9.47. The predicted molar refractivity (Wildman–Crippen MR) is 108 cm³/mol. The summed E-state index contributed by atoms with van der Waals surface area (Å²) in [6.07, 6.45) is 4.87. The normalized spacial score (nSPS) is 16.8. The number of hydrogen-bond donors (Lipinski definition) is 0. The Morgan fingerprint density at radius 3 is 2.54 bits per heavy atom. The lowest BCUT2D eigenvalue weighted by molar-refractivity contribution is 0.0637. The number of carbonyl (C=O) groups excluding carboxylic acids is 2. The van der Waals surface area contributed by atoms with Gasteiger partial charge in [-0.3, -0.25) is 14.6 Å². The Balaban J connectivity index is 1.52. The molecule has 1 amide bonds. The van der Waals surface area contributed by atoms with Crippen LogP contribution >= 0.6 is 0 Å². The number of ether oxygens (including phenoxy) is 1.